The highest BCUT2D eigenvalue weighted by Crippen LogP contribution is 2.36. The van der Waals surface area contributed by atoms with E-state index in [1.165, 1.54) is 12.0 Å². The number of hydrogen-bond acceptors (Lipinski definition) is 3. The van der Waals surface area contributed by atoms with Crippen LogP contribution in [0.15, 0.2) is 60.7 Å². The van der Waals surface area contributed by atoms with Crippen molar-refractivity contribution < 1.29 is 31.1 Å². The van der Waals surface area contributed by atoms with Crippen molar-refractivity contribution in [1.29, 1.82) is 0 Å². The molecule has 38 heavy (non-hydrogen) atoms. The number of alkyl halides is 6. The fraction of sp³-hybridized carbons (Fsp3) is 0.464. The molecule has 1 amide bonds. The zero-order chi connectivity index (χ0) is 27.3. The Morgan fingerprint density at radius 3 is 2.26 bits per heavy atom. The van der Waals surface area contributed by atoms with Crippen LogP contribution in [0.1, 0.15) is 35.1 Å². The quantitative estimate of drug-likeness (QED) is 0.354. The van der Waals surface area contributed by atoms with Crippen molar-refractivity contribution >= 4 is 5.91 Å². The number of carbonyl (C=O) groups excluding carboxylic acids is 1. The van der Waals surface area contributed by atoms with Crippen LogP contribution in [0.25, 0.3) is 0 Å². The molecule has 1 saturated heterocycles. The van der Waals surface area contributed by atoms with Crippen molar-refractivity contribution in [2.45, 2.75) is 44.2 Å². The van der Waals surface area contributed by atoms with E-state index in [9.17, 15) is 31.1 Å². The van der Waals surface area contributed by atoms with Gasteiger partial charge >= 0.3 is 12.4 Å². The Balaban J connectivity index is 1.31. The Morgan fingerprint density at radius 2 is 1.61 bits per heavy atom. The first-order valence-electron chi connectivity index (χ1n) is 12.7. The van der Waals surface area contributed by atoms with Crippen LogP contribution in [0.5, 0.6) is 0 Å². The molecule has 2 aromatic rings. The zero-order valence-electron chi connectivity index (χ0n) is 20.9. The molecule has 0 aromatic heterocycles. The molecule has 2 heterocycles. The molecular formula is C28H31F6N3O. The van der Waals surface area contributed by atoms with Crippen LogP contribution in [-0.2, 0) is 30.1 Å². The van der Waals surface area contributed by atoms with E-state index in [1.54, 1.807) is 6.08 Å². The Kier molecular flexibility index (Phi) is 8.82. The van der Waals surface area contributed by atoms with E-state index in [2.05, 4.69) is 22.3 Å². The number of piperidine rings is 1. The summed E-state index contributed by atoms with van der Waals surface area (Å²) >= 11 is 0. The molecule has 1 unspecified atom stereocenters. The predicted molar refractivity (Wildman–Crippen MR) is 132 cm³/mol. The van der Waals surface area contributed by atoms with Gasteiger partial charge in [-0.3, -0.25) is 9.69 Å². The maximum atomic E-state index is 13.1. The molecule has 2 aromatic carbocycles. The summed E-state index contributed by atoms with van der Waals surface area (Å²) in [5.41, 5.74) is -1.73. The minimum absolute atomic E-state index is 0.0811. The Labute approximate surface area is 218 Å². The highest BCUT2D eigenvalue weighted by atomic mass is 19.4. The average molecular weight is 540 g/mol. The summed E-state index contributed by atoms with van der Waals surface area (Å²) in [4.78, 5) is 17.2. The minimum Gasteiger partial charge on any atom is -0.350 e. The molecule has 4 rings (SSSR count). The molecule has 1 N–H and O–H groups in total. The number of carbonyl (C=O) groups is 1. The monoisotopic (exact) mass is 539 g/mol. The first kappa shape index (κ1) is 28.2. The molecule has 2 aliphatic heterocycles. The van der Waals surface area contributed by atoms with Gasteiger partial charge in [-0.2, -0.15) is 26.3 Å². The van der Waals surface area contributed by atoms with Gasteiger partial charge in [0.2, 0.25) is 5.91 Å². The van der Waals surface area contributed by atoms with E-state index in [0.29, 0.717) is 31.1 Å². The molecule has 0 aliphatic carbocycles. The average Bonchev–Trinajstić information content (AvgIpc) is 3.34. The molecule has 2 aliphatic rings. The lowest BCUT2D eigenvalue weighted by Crippen LogP contribution is -2.47. The van der Waals surface area contributed by atoms with E-state index < -0.39 is 42.0 Å². The van der Waals surface area contributed by atoms with Crippen molar-refractivity contribution in [3.8, 4) is 0 Å². The molecule has 10 heteroatoms. The second kappa shape index (κ2) is 11.9. The van der Waals surface area contributed by atoms with E-state index in [0.717, 1.165) is 32.5 Å². The second-order valence-corrected chi connectivity index (χ2v) is 10.00. The van der Waals surface area contributed by atoms with Gasteiger partial charge in [0.25, 0.3) is 0 Å². The Bertz CT molecular complexity index is 1080. The normalized spacial score (nSPS) is 21.1. The lowest BCUT2D eigenvalue weighted by atomic mass is 9.91. The number of nitrogens with zero attached hydrogens (tertiary/aromatic N) is 2. The van der Waals surface area contributed by atoms with E-state index >= 15 is 0 Å². The zero-order valence-corrected chi connectivity index (χ0v) is 20.9. The molecule has 0 bridgehead atoms. The number of likely N-dealkylation sites (tertiary alicyclic amines) is 1. The Hall–Kier alpha value is -2.85. The van der Waals surface area contributed by atoms with Crippen LogP contribution in [0, 0.1) is 5.92 Å². The molecule has 0 saturated carbocycles. The third-order valence-corrected chi connectivity index (χ3v) is 7.11. The summed E-state index contributed by atoms with van der Waals surface area (Å²) in [6.45, 7) is 3.49. The lowest BCUT2D eigenvalue weighted by Gasteiger charge is -2.34. The van der Waals surface area contributed by atoms with Crippen LogP contribution in [0.2, 0.25) is 0 Å². The fourth-order valence-electron chi connectivity index (χ4n) is 5.20. The van der Waals surface area contributed by atoms with Gasteiger partial charge in [0, 0.05) is 32.7 Å². The third kappa shape index (κ3) is 7.60. The summed E-state index contributed by atoms with van der Waals surface area (Å²) < 4.78 is 78.8. The molecule has 0 spiro atoms. The van der Waals surface area contributed by atoms with E-state index in [1.807, 2.05) is 29.2 Å². The highest BCUT2D eigenvalue weighted by Gasteiger charge is 2.37. The highest BCUT2D eigenvalue weighted by molar-refractivity contribution is 5.84. The summed E-state index contributed by atoms with van der Waals surface area (Å²) in [5.74, 6) is 0.112. The summed E-state index contributed by atoms with van der Waals surface area (Å²) in [6, 6.07) is 11.1. The summed E-state index contributed by atoms with van der Waals surface area (Å²) in [7, 11) is 0. The number of benzene rings is 2. The van der Waals surface area contributed by atoms with E-state index in [4.69, 9.17) is 0 Å². The van der Waals surface area contributed by atoms with Gasteiger partial charge in [-0.15, -0.1) is 0 Å². The molecule has 0 radical (unpaired) electrons. The van der Waals surface area contributed by atoms with Crippen molar-refractivity contribution in [3.05, 3.63) is 82.9 Å². The molecule has 1 fully saturated rings. The summed E-state index contributed by atoms with van der Waals surface area (Å²) in [6.07, 6.45) is -2.98. The summed E-state index contributed by atoms with van der Waals surface area (Å²) in [5, 5.41) is 2.52. The van der Waals surface area contributed by atoms with Crippen molar-refractivity contribution in [2.75, 3.05) is 32.7 Å². The smallest absolute Gasteiger partial charge is 0.350 e. The van der Waals surface area contributed by atoms with Crippen molar-refractivity contribution in [2.24, 2.45) is 5.92 Å². The minimum atomic E-state index is -4.93. The molecular weight excluding hydrogens is 508 g/mol. The standard InChI is InChI=1S/C28H31F6N3O/c29-27(30,31)23-15-22(16-24(17-23)28(32,33)34)18-35-26(38)25-9-5-11-37(25)13-12-36-10-4-8-21(19-36)14-20-6-2-1-3-7-20/h1-3,5-7,9,15-17,21,25H,4,8,10-14,18-19H2,(H,35,38)/t21?,25-/m0/s1. The largest absolute Gasteiger partial charge is 0.416 e. The number of hydrogen-bond donors (Lipinski definition) is 1. The van der Waals surface area contributed by atoms with Gasteiger partial charge in [0.05, 0.1) is 11.1 Å². The second-order valence-electron chi connectivity index (χ2n) is 10.00. The van der Waals surface area contributed by atoms with Crippen LogP contribution in [0.4, 0.5) is 26.3 Å². The topological polar surface area (TPSA) is 35.6 Å². The SMILES string of the molecule is O=C(NCc1cc(C(F)(F)F)cc(C(F)(F)F)c1)[C@@H]1C=CCN1CCN1CCCC(Cc2ccccc2)C1. The maximum Gasteiger partial charge on any atom is 0.416 e. The first-order valence-corrected chi connectivity index (χ1v) is 12.7. The van der Waals surface area contributed by atoms with Gasteiger partial charge in [-0.05, 0) is 61.1 Å². The van der Waals surface area contributed by atoms with Crippen LogP contribution < -0.4 is 5.32 Å². The van der Waals surface area contributed by atoms with Gasteiger partial charge in [0.1, 0.15) is 6.04 Å². The predicted octanol–water partition coefficient (Wildman–Crippen LogP) is 5.54. The number of rotatable bonds is 8. The number of nitrogens with one attached hydrogen (secondary N) is 1. The fourth-order valence-corrected chi connectivity index (χ4v) is 5.20. The molecule has 4 nitrogen and oxygen atoms in total. The molecule has 206 valence electrons. The van der Waals surface area contributed by atoms with Gasteiger partial charge < -0.3 is 10.2 Å². The lowest BCUT2D eigenvalue weighted by molar-refractivity contribution is -0.143. The van der Waals surface area contributed by atoms with Crippen LogP contribution in [-0.4, -0.2) is 54.5 Å². The Morgan fingerprint density at radius 1 is 0.921 bits per heavy atom. The van der Waals surface area contributed by atoms with Gasteiger partial charge in [-0.1, -0.05) is 42.5 Å². The van der Waals surface area contributed by atoms with Gasteiger partial charge in [0.15, 0.2) is 0 Å². The third-order valence-electron chi connectivity index (χ3n) is 7.11. The van der Waals surface area contributed by atoms with Crippen LogP contribution >= 0.6 is 0 Å². The van der Waals surface area contributed by atoms with Gasteiger partial charge in [-0.25, -0.2) is 0 Å². The van der Waals surface area contributed by atoms with Crippen molar-refractivity contribution in [3.63, 3.8) is 0 Å². The number of amides is 1. The number of halogens is 6. The van der Waals surface area contributed by atoms with E-state index in [-0.39, 0.29) is 11.6 Å². The maximum absolute atomic E-state index is 13.1. The molecule has 2 atom stereocenters. The van der Waals surface area contributed by atoms with Crippen molar-refractivity contribution in [1.82, 2.24) is 15.1 Å². The van der Waals surface area contributed by atoms with Crippen LogP contribution in [0.3, 0.4) is 0 Å². The first-order chi connectivity index (χ1) is 18.0.